The maximum Gasteiger partial charge on any atom is 0.447 e. The summed E-state index contributed by atoms with van der Waals surface area (Å²) in [4.78, 5) is 32.3. The van der Waals surface area contributed by atoms with E-state index in [1.54, 1.807) is 10.6 Å². The van der Waals surface area contributed by atoms with Crippen molar-refractivity contribution in [3.63, 3.8) is 0 Å². The molecule has 0 aromatic carbocycles. The Hall–Kier alpha value is -3.12. The van der Waals surface area contributed by atoms with E-state index in [2.05, 4.69) is 29.7 Å². The van der Waals surface area contributed by atoms with Gasteiger partial charge in [0, 0.05) is 62.4 Å². The number of hydrogen-bond donors (Lipinski definition) is 1. The van der Waals surface area contributed by atoms with E-state index >= 15 is 0 Å². The molecule has 1 aliphatic rings. The number of hydrogen-bond acceptors (Lipinski definition) is 7. The summed E-state index contributed by atoms with van der Waals surface area (Å²) in [6.07, 6.45) is 7.09. The van der Waals surface area contributed by atoms with Gasteiger partial charge in [-0.2, -0.15) is 13.2 Å². The van der Waals surface area contributed by atoms with Crippen LogP contribution < -0.4 is 10.5 Å². The Morgan fingerprint density at radius 1 is 1.09 bits per heavy atom. The van der Waals surface area contributed by atoms with E-state index in [1.807, 2.05) is 25.3 Å². The third kappa shape index (κ3) is 4.87. The predicted molar refractivity (Wildman–Crippen MR) is 124 cm³/mol. The molecule has 0 unspecified atom stereocenters. The Morgan fingerprint density at radius 2 is 1.88 bits per heavy atom. The molecule has 1 saturated heterocycles. The number of aryl methyl sites for hydroxylation is 1. The summed E-state index contributed by atoms with van der Waals surface area (Å²) in [5.74, 6) is 0.699. The second kappa shape index (κ2) is 8.91. The molecule has 0 spiro atoms. The molecule has 1 N–H and O–H groups in total. The highest BCUT2D eigenvalue weighted by Gasteiger charge is 2.30. The Morgan fingerprint density at radius 3 is 2.62 bits per heavy atom. The molecule has 0 saturated carbocycles. The van der Waals surface area contributed by atoms with Gasteiger partial charge in [-0.3, -0.25) is 14.7 Å². The highest BCUT2D eigenvalue weighted by atomic mass is 32.2. The van der Waals surface area contributed by atoms with Gasteiger partial charge in [0.15, 0.2) is 5.65 Å². The number of nitrogens with one attached hydrogen (secondary N) is 1. The number of piperazine rings is 1. The maximum atomic E-state index is 12.6. The summed E-state index contributed by atoms with van der Waals surface area (Å²) in [6.45, 7) is 5.70. The van der Waals surface area contributed by atoms with E-state index in [0.717, 1.165) is 48.3 Å². The minimum Gasteiger partial charge on any atom is -0.353 e. The molecule has 0 aliphatic carbocycles. The molecule has 34 heavy (non-hydrogen) atoms. The Kier molecular flexibility index (Phi) is 5.94. The van der Waals surface area contributed by atoms with Crippen LogP contribution >= 0.6 is 11.8 Å². The molecule has 0 bridgehead atoms. The Balaban J connectivity index is 1.24. The van der Waals surface area contributed by atoms with Gasteiger partial charge in [-0.15, -0.1) is 0 Å². The molecule has 1 aliphatic heterocycles. The van der Waals surface area contributed by atoms with Crippen molar-refractivity contribution in [1.82, 2.24) is 29.2 Å². The van der Waals surface area contributed by atoms with Crippen LogP contribution in [0.1, 0.15) is 18.1 Å². The van der Waals surface area contributed by atoms with Crippen LogP contribution in [0.25, 0.3) is 16.7 Å². The number of nitrogens with zero attached hydrogens (tertiary/aromatic N) is 6. The smallest absolute Gasteiger partial charge is 0.353 e. The van der Waals surface area contributed by atoms with Crippen LogP contribution in [0.3, 0.4) is 0 Å². The molecule has 5 heterocycles. The van der Waals surface area contributed by atoms with E-state index in [9.17, 15) is 18.0 Å². The first-order valence-electron chi connectivity index (χ1n) is 10.9. The van der Waals surface area contributed by atoms with Crippen molar-refractivity contribution in [3.8, 4) is 0 Å². The lowest BCUT2D eigenvalue weighted by atomic mass is 10.1. The van der Waals surface area contributed by atoms with Crippen molar-refractivity contribution in [1.29, 1.82) is 0 Å². The fraction of sp³-hybridized carbons (Fsp3) is 0.364. The van der Waals surface area contributed by atoms with Crippen LogP contribution in [0.4, 0.5) is 19.0 Å². The third-order valence-electron chi connectivity index (χ3n) is 5.84. The van der Waals surface area contributed by atoms with Gasteiger partial charge in [-0.1, -0.05) is 6.92 Å². The number of H-pyrrole nitrogens is 1. The number of imidazole rings is 1. The normalized spacial score (nSPS) is 15.5. The number of halogens is 3. The number of pyridine rings is 2. The Bertz CT molecular complexity index is 1390. The average molecular weight is 490 g/mol. The van der Waals surface area contributed by atoms with Gasteiger partial charge in [0.25, 0.3) is 5.56 Å². The lowest BCUT2D eigenvalue weighted by Crippen LogP contribution is -2.46. The number of thioether (sulfide) groups is 1. The lowest BCUT2D eigenvalue weighted by molar-refractivity contribution is -0.0329. The average Bonchev–Trinajstić information content (AvgIpc) is 3.18. The van der Waals surface area contributed by atoms with Gasteiger partial charge >= 0.3 is 5.51 Å². The second-order valence-electron chi connectivity index (χ2n) is 8.15. The van der Waals surface area contributed by atoms with Crippen LogP contribution in [0.2, 0.25) is 0 Å². The predicted octanol–water partition coefficient (Wildman–Crippen LogP) is 3.46. The molecular weight excluding hydrogens is 467 g/mol. The molecule has 8 nitrogen and oxygen atoms in total. The van der Waals surface area contributed by atoms with Gasteiger partial charge in [0.1, 0.15) is 10.8 Å². The zero-order valence-electron chi connectivity index (χ0n) is 18.3. The first-order chi connectivity index (χ1) is 16.3. The number of anilines is 1. The van der Waals surface area contributed by atoms with Gasteiger partial charge in [0.05, 0.1) is 23.4 Å². The molecule has 0 atom stereocenters. The number of rotatable bonds is 5. The maximum absolute atomic E-state index is 12.6. The van der Waals surface area contributed by atoms with E-state index in [-0.39, 0.29) is 22.3 Å². The topological polar surface area (TPSA) is 82.4 Å². The molecule has 1 fully saturated rings. The first kappa shape index (κ1) is 22.7. The summed E-state index contributed by atoms with van der Waals surface area (Å²) in [7, 11) is 0. The lowest BCUT2D eigenvalue weighted by Gasteiger charge is -2.35. The zero-order chi connectivity index (χ0) is 23.9. The van der Waals surface area contributed by atoms with Crippen LogP contribution in [-0.2, 0) is 13.0 Å². The molecule has 5 rings (SSSR count). The molecule has 0 radical (unpaired) electrons. The van der Waals surface area contributed by atoms with Crippen LogP contribution in [-0.4, -0.2) is 60.9 Å². The van der Waals surface area contributed by atoms with Crippen molar-refractivity contribution >= 4 is 34.3 Å². The molecule has 4 aromatic rings. The van der Waals surface area contributed by atoms with E-state index in [4.69, 9.17) is 0 Å². The summed E-state index contributed by atoms with van der Waals surface area (Å²) < 4.78 is 39.4. The fourth-order valence-corrected chi connectivity index (χ4v) is 4.65. The van der Waals surface area contributed by atoms with Crippen LogP contribution in [0, 0.1) is 0 Å². The first-order valence-corrected chi connectivity index (χ1v) is 11.7. The van der Waals surface area contributed by atoms with Crippen molar-refractivity contribution in [2.75, 3.05) is 31.1 Å². The number of aromatic amines is 1. The van der Waals surface area contributed by atoms with E-state index in [1.165, 1.54) is 12.4 Å². The summed E-state index contributed by atoms with van der Waals surface area (Å²) in [6, 6.07) is 3.81. The Labute approximate surface area is 196 Å². The highest BCUT2D eigenvalue weighted by Crippen LogP contribution is 2.36. The van der Waals surface area contributed by atoms with Gasteiger partial charge in [0.2, 0.25) is 0 Å². The van der Waals surface area contributed by atoms with Gasteiger partial charge < -0.3 is 14.3 Å². The fourth-order valence-electron chi connectivity index (χ4n) is 4.11. The summed E-state index contributed by atoms with van der Waals surface area (Å²) >= 11 is -0.233. The highest BCUT2D eigenvalue weighted by molar-refractivity contribution is 8.00. The van der Waals surface area contributed by atoms with Crippen LogP contribution in [0.5, 0.6) is 0 Å². The summed E-state index contributed by atoms with van der Waals surface area (Å²) in [5.41, 5.74) is -0.813. The quantitative estimate of drug-likeness (QED) is 0.430. The van der Waals surface area contributed by atoms with Gasteiger partial charge in [-0.25, -0.2) is 9.97 Å². The summed E-state index contributed by atoms with van der Waals surface area (Å²) in [5, 5.41) is -0.104. The minimum atomic E-state index is -4.38. The third-order valence-corrected chi connectivity index (χ3v) is 6.47. The largest absolute Gasteiger partial charge is 0.447 e. The zero-order valence-corrected chi connectivity index (χ0v) is 19.2. The van der Waals surface area contributed by atoms with Crippen molar-refractivity contribution < 1.29 is 13.2 Å². The number of fused-ring (bicyclic) bond motifs is 2. The second-order valence-corrected chi connectivity index (χ2v) is 9.24. The van der Waals surface area contributed by atoms with Crippen molar-refractivity contribution in [2.45, 2.75) is 30.4 Å². The molecule has 4 aromatic heterocycles. The SMILES string of the molecule is CCc1cc2ncc(CN3CCN(c4cn5cc(SC(F)(F)F)nc5cn4)CC3)cc2[nH]c1=O. The number of alkyl halides is 3. The van der Waals surface area contributed by atoms with Crippen molar-refractivity contribution in [2.24, 2.45) is 0 Å². The van der Waals surface area contributed by atoms with E-state index in [0.29, 0.717) is 24.4 Å². The molecule has 12 heteroatoms. The molecular formula is C22H22F3N7OS. The minimum absolute atomic E-state index is 0.0750. The monoisotopic (exact) mass is 489 g/mol. The van der Waals surface area contributed by atoms with Crippen LogP contribution in [0.15, 0.2) is 46.7 Å². The molecule has 178 valence electrons. The molecule has 0 amide bonds. The van der Waals surface area contributed by atoms with Crippen molar-refractivity contribution in [3.05, 3.63) is 58.4 Å². The standard InChI is InChI=1S/C22H22F3N7OS/c1-2-15-8-16-17(28-21(15)33)7-14(9-26-16)11-30-3-5-31(6-4-30)19-12-32-13-20(34-22(23,24)25)29-18(32)10-27-19/h7-10,12-13H,2-6,11H2,1H3,(H,28,33). The number of aromatic nitrogens is 5. The van der Waals surface area contributed by atoms with E-state index < -0.39 is 5.51 Å². The van der Waals surface area contributed by atoms with Gasteiger partial charge in [-0.05, 0) is 24.1 Å².